The number of hydrogen-bond acceptors (Lipinski definition) is 2. The van der Waals surface area contributed by atoms with Crippen molar-refractivity contribution >= 4 is 5.91 Å². The van der Waals surface area contributed by atoms with Crippen molar-refractivity contribution in [1.29, 1.82) is 0 Å². The van der Waals surface area contributed by atoms with Gasteiger partial charge in [0, 0.05) is 6.54 Å². The number of nitrogens with one attached hydrogen (secondary N) is 1. The summed E-state index contributed by atoms with van der Waals surface area (Å²) in [5.74, 6) is 0.952. The Bertz CT molecular complexity index is 180. The SMILES string of the molecule is CCC(C)C(N)C(=O)NCCCC(C)C. The molecule has 1 amide bonds. The molecule has 3 heteroatoms. The molecule has 0 radical (unpaired) electrons. The molecule has 0 saturated carbocycles. The van der Waals surface area contributed by atoms with Gasteiger partial charge in [-0.15, -0.1) is 0 Å². The highest BCUT2D eigenvalue weighted by molar-refractivity contribution is 5.81. The van der Waals surface area contributed by atoms with E-state index in [4.69, 9.17) is 5.73 Å². The molecule has 0 aromatic carbocycles. The lowest BCUT2D eigenvalue weighted by atomic mass is 9.99. The van der Waals surface area contributed by atoms with Crippen molar-refractivity contribution in [3.63, 3.8) is 0 Å². The minimum Gasteiger partial charge on any atom is -0.355 e. The van der Waals surface area contributed by atoms with Crippen LogP contribution in [0.3, 0.4) is 0 Å². The van der Waals surface area contributed by atoms with Crippen LogP contribution in [-0.4, -0.2) is 18.5 Å². The fraction of sp³-hybridized carbons (Fsp3) is 0.917. The highest BCUT2D eigenvalue weighted by Crippen LogP contribution is 2.05. The molecule has 15 heavy (non-hydrogen) atoms. The van der Waals surface area contributed by atoms with Gasteiger partial charge in [0.15, 0.2) is 0 Å². The Hall–Kier alpha value is -0.570. The van der Waals surface area contributed by atoms with E-state index in [0.717, 1.165) is 25.8 Å². The topological polar surface area (TPSA) is 55.1 Å². The second-order valence-electron chi connectivity index (χ2n) is 4.74. The Morgan fingerprint density at radius 2 is 1.93 bits per heavy atom. The molecule has 0 rings (SSSR count). The molecular weight excluding hydrogens is 188 g/mol. The second kappa shape index (κ2) is 7.69. The minimum atomic E-state index is -0.353. The van der Waals surface area contributed by atoms with E-state index in [2.05, 4.69) is 26.1 Å². The van der Waals surface area contributed by atoms with Crippen LogP contribution in [-0.2, 0) is 4.79 Å². The molecule has 0 aromatic heterocycles. The zero-order valence-electron chi connectivity index (χ0n) is 10.5. The van der Waals surface area contributed by atoms with Crippen LogP contribution in [0.1, 0.15) is 47.0 Å². The van der Waals surface area contributed by atoms with Crippen molar-refractivity contribution in [3.8, 4) is 0 Å². The summed E-state index contributed by atoms with van der Waals surface area (Å²) in [4.78, 5) is 11.6. The molecule has 2 unspecified atom stereocenters. The predicted octanol–water partition coefficient (Wildman–Crippen LogP) is 1.91. The lowest BCUT2D eigenvalue weighted by molar-refractivity contribution is -0.123. The number of hydrogen-bond donors (Lipinski definition) is 2. The zero-order valence-corrected chi connectivity index (χ0v) is 10.5. The molecule has 0 fully saturated rings. The van der Waals surface area contributed by atoms with Gasteiger partial charge in [-0.3, -0.25) is 4.79 Å². The van der Waals surface area contributed by atoms with Crippen LogP contribution in [0.5, 0.6) is 0 Å². The summed E-state index contributed by atoms with van der Waals surface area (Å²) < 4.78 is 0. The molecule has 0 heterocycles. The van der Waals surface area contributed by atoms with Gasteiger partial charge in [-0.1, -0.05) is 34.1 Å². The maximum atomic E-state index is 11.6. The molecule has 3 nitrogen and oxygen atoms in total. The first-order chi connectivity index (χ1) is 6.99. The molecule has 0 aliphatic heterocycles. The van der Waals surface area contributed by atoms with Crippen LogP contribution >= 0.6 is 0 Å². The fourth-order valence-corrected chi connectivity index (χ4v) is 1.35. The summed E-state index contributed by atoms with van der Waals surface area (Å²) in [6.07, 6.45) is 3.13. The quantitative estimate of drug-likeness (QED) is 0.636. The largest absolute Gasteiger partial charge is 0.355 e. The van der Waals surface area contributed by atoms with Crippen molar-refractivity contribution in [1.82, 2.24) is 5.32 Å². The molecular formula is C12H26N2O. The third-order valence-electron chi connectivity index (χ3n) is 2.82. The third kappa shape index (κ3) is 6.50. The van der Waals surface area contributed by atoms with Crippen LogP contribution < -0.4 is 11.1 Å². The molecule has 3 N–H and O–H groups in total. The van der Waals surface area contributed by atoms with Crippen LogP contribution in [0.15, 0.2) is 0 Å². The maximum absolute atomic E-state index is 11.6. The number of carbonyl (C=O) groups is 1. The van der Waals surface area contributed by atoms with Crippen LogP contribution in [0.4, 0.5) is 0 Å². The zero-order chi connectivity index (χ0) is 11.8. The molecule has 0 saturated heterocycles. The number of amides is 1. The molecule has 0 spiro atoms. The van der Waals surface area contributed by atoms with Gasteiger partial charge in [0.1, 0.15) is 0 Å². The van der Waals surface area contributed by atoms with E-state index in [1.807, 2.05) is 6.92 Å². The van der Waals surface area contributed by atoms with Gasteiger partial charge in [-0.25, -0.2) is 0 Å². The summed E-state index contributed by atoms with van der Waals surface area (Å²) >= 11 is 0. The smallest absolute Gasteiger partial charge is 0.237 e. The van der Waals surface area contributed by atoms with E-state index in [1.165, 1.54) is 0 Å². The summed E-state index contributed by atoms with van der Waals surface area (Å²) in [5.41, 5.74) is 5.80. The summed E-state index contributed by atoms with van der Waals surface area (Å²) in [6.45, 7) is 9.19. The standard InChI is InChI=1S/C12H26N2O/c1-5-10(4)11(13)12(15)14-8-6-7-9(2)3/h9-11H,5-8,13H2,1-4H3,(H,14,15). The van der Waals surface area contributed by atoms with E-state index < -0.39 is 0 Å². The fourth-order valence-electron chi connectivity index (χ4n) is 1.35. The van der Waals surface area contributed by atoms with Gasteiger partial charge in [-0.05, 0) is 24.7 Å². The van der Waals surface area contributed by atoms with Gasteiger partial charge in [0.05, 0.1) is 6.04 Å². The highest BCUT2D eigenvalue weighted by Gasteiger charge is 2.18. The van der Waals surface area contributed by atoms with E-state index in [-0.39, 0.29) is 17.9 Å². The Balaban J connectivity index is 3.65. The third-order valence-corrected chi connectivity index (χ3v) is 2.82. The molecule has 0 aliphatic carbocycles. The number of rotatable bonds is 7. The molecule has 0 aliphatic rings. The molecule has 2 atom stereocenters. The van der Waals surface area contributed by atoms with Gasteiger partial charge in [0.25, 0.3) is 0 Å². The van der Waals surface area contributed by atoms with Gasteiger partial charge >= 0.3 is 0 Å². The summed E-state index contributed by atoms with van der Waals surface area (Å²) in [7, 11) is 0. The first kappa shape index (κ1) is 14.4. The first-order valence-corrected chi connectivity index (χ1v) is 6.02. The van der Waals surface area contributed by atoms with Crippen molar-refractivity contribution in [3.05, 3.63) is 0 Å². The summed E-state index contributed by atoms with van der Waals surface area (Å²) in [6, 6.07) is -0.353. The van der Waals surface area contributed by atoms with Crippen molar-refractivity contribution in [2.45, 2.75) is 53.0 Å². The monoisotopic (exact) mass is 214 g/mol. The van der Waals surface area contributed by atoms with Crippen LogP contribution in [0.2, 0.25) is 0 Å². The lowest BCUT2D eigenvalue weighted by Crippen LogP contribution is -2.44. The number of nitrogens with two attached hydrogens (primary N) is 1. The second-order valence-corrected chi connectivity index (χ2v) is 4.74. The minimum absolute atomic E-state index is 0.00638. The van der Waals surface area contributed by atoms with Crippen LogP contribution in [0.25, 0.3) is 0 Å². The lowest BCUT2D eigenvalue weighted by Gasteiger charge is -2.17. The Morgan fingerprint density at radius 1 is 1.33 bits per heavy atom. The van der Waals surface area contributed by atoms with E-state index >= 15 is 0 Å². The first-order valence-electron chi connectivity index (χ1n) is 6.02. The Kier molecular flexibility index (Phi) is 7.39. The number of carbonyl (C=O) groups excluding carboxylic acids is 1. The van der Waals surface area contributed by atoms with Gasteiger partial charge < -0.3 is 11.1 Å². The average molecular weight is 214 g/mol. The normalized spacial score (nSPS) is 15.1. The van der Waals surface area contributed by atoms with E-state index in [0.29, 0.717) is 5.92 Å². The molecule has 90 valence electrons. The van der Waals surface area contributed by atoms with Crippen molar-refractivity contribution in [2.75, 3.05) is 6.54 Å². The van der Waals surface area contributed by atoms with Gasteiger partial charge in [0.2, 0.25) is 5.91 Å². The highest BCUT2D eigenvalue weighted by atomic mass is 16.2. The van der Waals surface area contributed by atoms with Crippen LogP contribution in [0, 0.1) is 11.8 Å². The van der Waals surface area contributed by atoms with Crippen molar-refractivity contribution < 1.29 is 4.79 Å². The average Bonchev–Trinajstić information content (AvgIpc) is 2.21. The maximum Gasteiger partial charge on any atom is 0.237 e. The molecule has 0 bridgehead atoms. The molecule has 0 aromatic rings. The Morgan fingerprint density at radius 3 is 2.40 bits per heavy atom. The van der Waals surface area contributed by atoms with Gasteiger partial charge in [-0.2, -0.15) is 0 Å². The van der Waals surface area contributed by atoms with Crippen molar-refractivity contribution in [2.24, 2.45) is 17.6 Å². The summed E-state index contributed by atoms with van der Waals surface area (Å²) in [5, 5.41) is 2.89. The predicted molar refractivity (Wildman–Crippen MR) is 64.5 cm³/mol. The van der Waals surface area contributed by atoms with E-state index in [9.17, 15) is 4.79 Å². The Labute approximate surface area is 93.8 Å². The van der Waals surface area contributed by atoms with E-state index in [1.54, 1.807) is 0 Å².